The Kier molecular flexibility index (Phi) is 12.1. The standard InChI is InChI=1S/C30H35BrClN3O5S/c1-4-5-17-33-30(37)27(18-22-9-7-6-8-10-22)34(20-23-11-13-24(31)14-12-23)29(36)21-35(41(3,38)39)26-19-25(32)15-16-28(26)40-2/h6-16,19,27H,4-5,17-18,20-21H2,1-3H3,(H,33,37)/t27-/m0/s1. The number of ether oxygens (including phenoxy) is 1. The van der Waals surface area contributed by atoms with E-state index >= 15 is 0 Å². The summed E-state index contributed by atoms with van der Waals surface area (Å²) in [4.78, 5) is 29.2. The first-order chi connectivity index (χ1) is 19.5. The van der Waals surface area contributed by atoms with Crippen molar-refractivity contribution in [2.45, 2.75) is 38.8 Å². The molecular formula is C30H35BrClN3O5S. The molecule has 0 saturated carbocycles. The van der Waals surface area contributed by atoms with Crippen LogP contribution < -0.4 is 14.4 Å². The van der Waals surface area contributed by atoms with Crippen LogP contribution >= 0.6 is 27.5 Å². The van der Waals surface area contributed by atoms with E-state index in [0.29, 0.717) is 6.54 Å². The molecular weight excluding hydrogens is 630 g/mol. The van der Waals surface area contributed by atoms with Gasteiger partial charge in [-0.2, -0.15) is 0 Å². The molecule has 0 aliphatic heterocycles. The van der Waals surface area contributed by atoms with Crippen LogP contribution in [0, 0.1) is 0 Å². The molecule has 1 atom stereocenters. The number of carbonyl (C=O) groups is 2. The number of methoxy groups -OCH3 is 1. The number of nitrogens with one attached hydrogen (secondary N) is 1. The summed E-state index contributed by atoms with van der Waals surface area (Å²) in [6, 6.07) is 20.5. The number of halogens is 2. The fraction of sp³-hybridized carbons (Fsp3) is 0.333. The molecule has 0 unspecified atom stereocenters. The van der Waals surface area contributed by atoms with E-state index in [1.807, 2.05) is 61.5 Å². The van der Waals surface area contributed by atoms with Gasteiger partial charge in [0.25, 0.3) is 0 Å². The summed E-state index contributed by atoms with van der Waals surface area (Å²) in [5, 5.41) is 3.25. The summed E-state index contributed by atoms with van der Waals surface area (Å²) in [5.41, 5.74) is 1.78. The van der Waals surface area contributed by atoms with E-state index in [0.717, 1.165) is 39.0 Å². The number of benzene rings is 3. The summed E-state index contributed by atoms with van der Waals surface area (Å²) in [5.74, 6) is -0.615. The maximum atomic E-state index is 14.2. The number of unbranched alkanes of at least 4 members (excludes halogenated alkanes) is 1. The zero-order valence-electron chi connectivity index (χ0n) is 23.3. The van der Waals surface area contributed by atoms with Crippen molar-refractivity contribution in [1.82, 2.24) is 10.2 Å². The molecule has 0 saturated heterocycles. The molecule has 1 N–H and O–H groups in total. The third-order valence-corrected chi connectivity index (χ3v) is 8.35. The Morgan fingerprint density at radius 1 is 1.02 bits per heavy atom. The zero-order chi connectivity index (χ0) is 30.0. The second kappa shape index (κ2) is 15.2. The highest BCUT2D eigenvalue weighted by Gasteiger charge is 2.33. The monoisotopic (exact) mass is 663 g/mol. The average molecular weight is 665 g/mol. The summed E-state index contributed by atoms with van der Waals surface area (Å²) < 4.78 is 33.2. The number of hydrogen-bond acceptors (Lipinski definition) is 5. The van der Waals surface area contributed by atoms with E-state index in [1.165, 1.54) is 18.1 Å². The molecule has 220 valence electrons. The fourth-order valence-corrected chi connectivity index (χ4v) is 5.58. The Balaban J connectivity index is 2.07. The van der Waals surface area contributed by atoms with Gasteiger partial charge in [-0.25, -0.2) is 8.42 Å². The number of carbonyl (C=O) groups excluding carboxylic acids is 2. The molecule has 3 aromatic rings. The predicted octanol–water partition coefficient (Wildman–Crippen LogP) is 5.43. The lowest BCUT2D eigenvalue weighted by Crippen LogP contribution is -2.53. The Bertz CT molecular complexity index is 1420. The van der Waals surface area contributed by atoms with Crippen molar-refractivity contribution in [2.75, 3.05) is 30.8 Å². The van der Waals surface area contributed by atoms with Gasteiger partial charge >= 0.3 is 0 Å². The largest absolute Gasteiger partial charge is 0.495 e. The lowest BCUT2D eigenvalue weighted by molar-refractivity contribution is -0.140. The number of nitrogens with zero attached hydrogens (tertiary/aromatic N) is 2. The van der Waals surface area contributed by atoms with Crippen LogP contribution in [0.1, 0.15) is 30.9 Å². The van der Waals surface area contributed by atoms with Gasteiger partial charge in [-0.1, -0.05) is 83.3 Å². The maximum absolute atomic E-state index is 14.2. The lowest BCUT2D eigenvalue weighted by Gasteiger charge is -2.33. The molecule has 0 radical (unpaired) electrons. The zero-order valence-corrected chi connectivity index (χ0v) is 26.5. The summed E-state index contributed by atoms with van der Waals surface area (Å²) in [6.07, 6.45) is 2.95. The van der Waals surface area contributed by atoms with Crippen molar-refractivity contribution < 1.29 is 22.7 Å². The van der Waals surface area contributed by atoms with Crippen LogP contribution in [0.15, 0.2) is 77.3 Å². The molecule has 3 rings (SSSR count). The number of rotatable bonds is 14. The molecule has 3 aromatic carbocycles. The van der Waals surface area contributed by atoms with Gasteiger partial charge in [-0.05, 0) is 47.9 Å². The van der Waals surface area contributed by atoms with Gasteiger partial charge in [0.15, 0.2) is 0 Å². The third-order valence-electron chi connectivity index (χ3n) is 6.46. The number of amides is 2. The minimum absolute atomic E-state index is 0.0924. The minimum atomic E-state index is -3.96. The van der Waals surface area contributed by atoms with Crippen LogP contribution in [0.2, 0.25) is 5.02 Å². The lowest BCUT2D eigenvalue weighted by atomic mass is 10.0. The van der Waals surface area contributed by atoms with Crippen LogP contribution in [0.3, 0.4) is 0 Å². The highest BCUT2D eigenvalue weighted by molar-refractivity contribution is 9.10. The molecule has 0 heterocycles. The van der Waals surface area contributed by atoms with Crippen molar-refractivity contribution in [3.8, 4) is 5.75 Å². The van der Waals surface area contributed by atoms with E-state index in [4.69, 9.17) is 16.3 Å². The predicted molar refractivity (Wildman–Crippen MR) is 167 cm³/mol. The van der Waals surface area contributed by atoms with E-state index in [-0.39, 0.29) is 35.3 Å². The van der Waals surface area contributed by atoms with Crippen LogP contribution in [0.4, 0.5) is 5.69 Å². The quantitative estimate of drug-likeness (QED) is 0.232. The topological polar surface area (TPSA) is 96.0 Å². The summed E-state index contributed by atoms with van der Waals surface area (Å²) >= 11 is 9.63. The minimum Gasteiger partial charge on any atom is -0.495 e. The molecule has 0 fully saturated rings. The molecule has 0 aromatic heterocycles. The molecule has 41 heavy (non-hydrogen) atoms. The SMILES string of the molecule is CCCCNC(=O)[C@H](Cc1ccccc1)N(Cc1ccc(Br)cc1)C(=O)CN(c1cc(Cl)ccc1OC)S(C)(=O)=O. The number of hydrogen-bond donors (Lipinski definition) is 1. The molecule has 0 bridgehead atoms. The van der Waals surface area contributed by atoms with Gasteiger partial charge in [0.2, 0.25) is 21.8 Å². The molecule has 11 heteroatoms. The fourth-order valence-electron chi connectivity index (χ4n) is 4.30. The third kappa shape index (κ3) is 9.48. The van der Waals surface area contributed by atoms with E-state index in [2.05, 4.69) is 21.2 Å². The van der Waals surface area contributed by atoms with Crippen LogP contribution in [-0.2, 0) is 32.6 Å². The first-order valence-electron chi connectivity index (χ1n) is 13.2. The van der Waals surface area contributed by atoms with Crippen LogP contribution in [-0.4, -0.2) is 57.6 Å². The highest BCUT2D eigenvalue weighted by Crippen LogP contribution is 2.33. The van der Waals surface area contributed by atoms with E-state index in [9.17, 15) is 18.0 Å². The molecule has 0 aliphatic carbocycles. The Labute approximate surface area is 255 Å². The normalized spacial score (nSPS) is 11.9. The number of sulfonamides is 1. The maximum Gasteiger partial charge on any atom is 0.244 e. The highest BCUT2D eigenvalue weighted by atomic mass is 79.9. The summed E-state index contributed by atoms with van der Waals surface area (Å²) in [6.45, 7) is 2.03. The van der Waals surface area contributed by atoms with E-state index < -0.39 is 28.5 Å². The Morgan fingerprint density at radius 3 is 2.32 bits per heavy atom. The van der Waals surface area contributed by atoms with Gasteiger partial charge in [0, 0.05) is 29.0 Å². The van der Waals surface area contributed by atoms with Gasteiger partial charge < -0.3 is 15.0 Å². The average Bonchev–Trinajstić information content (AvgIpc) is 2.94. The molecule has 0 aliphatic rings. The summed E-state index contributed by atoms with van der Waals surface area (Å²) in [7, 11) is -2.55. The van der Waals surface area contributed by atoms with Gasteiger partial charge in [-0.15, -0.1) is 0 Å². The van der Waals surface area contributed by atoms with Crippen molar-refractivity contribution in [1.29, 1.82) is 0 Å². The van der Waals surface area contributed by atoms with Crippen LogP contribution in [0.25, 0.3) is 0 Å². The molecule has 0 spiro atoms. The van der Waals surface area contributed by atoms with Crippen molar-refractivity contribution in [2.24, 2.45) is 0 Å². The smallest absolute Gasteiger partial charge is 0.244 e. The Morgan fingerprint density at radius 2 is 1.71 bits per heavy atom. The number of anilines is 1. The van der Waals surface area contributed by atoms with Gasteiger partial charge in [0.05, 0.1) is 19.1 Å². The Hall–Kier alpha value is -3.08. The van der Waals surface area contributed by atoms with E-state index in [1.54, 1.807) is 12.1 Å². The van der Waals surface area contributed by atoms with Crippen molar-refractivity contribution in [3.63, 3.8) is 0 Å². The molecule has 8 nitrogen and oxygen atoms in total. The second-order valence-corrected chi connectivity index (χ2v) is 12.8. The second-order valence-electron chi connectivity index (χ2n) is 9.58. The first-order valence-corrected chi connectivity index (χ1v) is 16.2. The molecule has 2 amide bonds. The van der Waals surface area contributed by atoms with Crippen molar-refractivity contribution in [3.05, 3.63) is 93.4 Å². The van der Waals surface area contributed by atoms with Gasteiger partial charge in [-0.3, -0.25) is 13.9 Å². The first kappa shape index (κ1) is 32.4. The van der Waals surface area contributed by atoms with Crippen molar-refractivity contribution >= 4 is 55.1 Å². The van der Waals surface area contributed by atoms with Gasteiger partial charge in [0.1, 0.15) is 18.3 Å². The van der Waals surface area contributed by atoms with Crippen LogP contribution in [0.5, 0.6) is 5.75 Å².